The third kappa shape index (κ3) is 3.75. The Kier molecular flexibility index (Phi) is 4.90. The van der Waals surface area contributed by atoms with Crippen LogP contribution in [0.1, 0.15) is 12.8 Å². The Morgan fingerprint density at radius 1 is 1.14 bits per heavy atom. The molecule has 2 aliphatic rings. The monoisotopic (exact) mass is 326 g/mol. The molecule has 0 aromatic rings. The number of nitrogens with zero attached hydrogens (tertiary/aromatic N) is 2. The maximum absolute atomic E-state index is 12.6. The lowest BCUT2D eigenvalue weighted by molar-refractivity contribution is -0.183. The number of likely N-dealkylation sites (tertiary alicyclic amines) is 1. The van der Waals surface area contributed by atoms with E-state index in [0.29, 0.717) is 18.1 Å². The Labute approximate surface area is 124 Å². The molecule has 5 nitrogen and oxygen atoms in total. The molecule has 2 rings (SSSR count). The van der Waals surface area contributed by atoms with E-state index in [1.54, 1.807) is 0 Å². The molecule has 2 amide bonds. The zero-order valence-electron chi connectivity index (χ0n) is 11.3. The van der Waals surface area contributed by atoms with Crippen molar-refractivity contribution in [3.8, 4) is 0 Å². The zero-order valence-corrected chi connectivity index (χ0v) is 12.1. The van der Waals surface area contributed by atoms with Crippen LogP contribution in [0.3, 0.4) is 0 Å². The number of thioether (sulfide) groups is 1. The number of carboxylic acid groups (broad SMARTS) is 1. The molecule has 1 unspecified atom stereocenters. The van der Waals surface area contributed by atoms with Gasteiger partial charge in [0.15, 0.2) is 0 Å². The number of halogens is 3. The molecule has 21 heavy (non-hydrogen) atoms. The van der Waals surface area contributed by atoms with E-state index in [1.807, 2.05) is 0 Å². The molecule has 0 radical (unpaired) electrons. The first-order valence-electron chi connectivity index (χ1n) is 6.73. The van der Waals surface area contributed by atoms with Crippen molar-refractivity contribution in [3.63, 3.8) is 0 Å². The van der Waals surface area contributed by atoms with Gasteiger partial charge in [-0.25, -0.2) is 9.59 Å². The van der Waals surface area contributed by atoms with E-state index in [-0.39, 0.29) is 25.9 Å². The molecule has 0 bridgehead atoms. The lowest BCUT2D eigenvalue weighted by atomic mass is 9.96. The van der Waals surface area contributed by atoms with Crippen LogP contribution in [-0.2, 0) is 4.79 Å². The number of piperidine rings is 1. The summed E-state index contributed by atoms with van der Waals surface area (Å²) in [6.07, 6.45) is -4.45. The molecule has 2 aliphatic heterocycles. The number of alkyl halides is 3. The molecule has 0 spiro atoms. The minimum Gasteiger partial charge on any atom is -0.480 e. The highest BCUT2D eigenvalue weighted by Gasteiger charge is 2.43. The lowest BCUT2D eigenvalue weighted by Crippen LogP contribution is -2.56. The molecule has 1 atom stereocenters. The number of carbonyl (C=O) groups excluding carboxylic acids is 1. The highest BCUT2D eigenvalue weighted by molar-refractivity contribution is 7.99. The normalized spacial score (nSPS) is 25.0. The first-order valence-corrected chi connectivity index (χ1v) is 7.89. The Balaban J connectivity index is 1.96. The SMILES string of the molecule is O=C(O)C1CSCCN1C(=O)N1CCC(C(F)(F)F)CC1. The molecule has 2 saturated heterocycles. The van der Waals surface area contributed by atoms with Gasteiger partial charge in [-0.1, -0.05) is 0 Å². The van der Waals surface area contributed by atoms with Gasteiger partial charge in [-0.15, -0.1) is 0 Å². The molecule has 0 saturated carbocycles. The first kappa shape index (κ1) is 16.3. The summed E-state index contributed by atoms with van der Waals surface area (Å²) in [5, 5.41) is 9.13. The molecule has 0 aromatic heterocycles. The number of amides is 2. The third-order valence-corrected chi connectivity index (χ3v) is 4.91. The van der Waals surface area contributed by atoms with Crippen LogP contribution in [0.15, 0.2) is 0 Å². The average molecular weight is 326 g/mol. The highest BCUT2D eigenvalue weighted by atomic mass is 32.2. The fourth-order valence-electron chi connectivity index (χ4n) is 2.62. The number of carboxylic acids is 1. The predicted molar refractivity (Wildman–Crippen MR) is 71.2 cm³/mol. The van der Waals surface area contributed by atoms with Gasteiger partial charge in [0, 0.05) is 31.1 Å². The molecular formula is C12H17F3N2O3S. The van der Waals surface area contributed by atoms with E-state index in [2.05, 4.69) is 0 Å². The van der Waals surface area contributed by atoms with Crippen LogP contribution in [0.5, 0.6) is 0 Å². The Morgan fingerprint density at radius 2 is 1.76 bits per heavy atom. The number of hydrogen-bond acceptors (Lipinski definition) is 3. The van der Waals surface area contributed by atoms with E-state index < -0.39 is 30.1 Å². The lowest BCUT2D eigenvalue weighted by Gasteiger charge is -2.39. The van der Waals surface area contributed by atoms with Crippen molar-refractivity contribution in [2.24, 2.45) is 5.92 Å². The fourth-order valence-corrected chi connectivity index (χ4v) is 3.66. The van der Waals surface area contributed by atoms with Gasteiger partial charge in [0.1, 0.15) is 6.04 Å². The standard InChI is InChI=1S/C12H17F3N2O3S/c13-12(14,15)8-1-3-16(4-2-8)11(20)17-5-6-21-7-9(17)10(18)19/h8-9H,1-7H2,(H,18,19). The number of aliphatic carboxylic acids is 1. The topological polar surface area (TPSA) is 60.9 Å². The van der Waals surface area contributed by atoms with Crippen LogP contribution >= 0.6 is 11.8 Å². The van der Waals surface area contributed by atoms with Gasteiger partial charge < -0.3 is 14.9 Å². The summed E-state index contributed by atoms with van der Waals surface area (Å²) in [4.78, 5) is 26.1. The van der Waals surface area contributed by atoms with E-state index in [0.717, 1.165) is 0 Å². The minimum absolute atomic E-state index is 0.0268. The summed E-state index contributed by atoms with van der Waals surface area (Å²) >= 11 is 1.46. The van der Waals surface area contributed by atoms with Crippen LogP contribution in [0.25, 0.3) is 0 Å². The van der Waals surface area contributed by atoms with Crippen molar-refractivity contribution < 1.29 is 27.9 Å². The van der Waals surface area contributed by atoms with Crippen LogP contribution < -0.4 is 0 Å². The van der Waals surface area contributed by atoms with Gasteiger partial charge in [0.25, 0.3) is 0 Å². The van der Waals surface area contributed by atoms with Gasteiger partial charge in [0.05, 0.1) is 5.92 Å². The predicted octanol–water partition coefficient (Wildman–Crippen LogP) is 1.88. The van der Waals surface area contributed by atoms with Crippen molar-refractivity contribution in [2.45, 2.75) is 25.1 Å². The summed E-state index contributed by atoms with van der Waals surface area (Å²) < 4.78 is 37.8. The average Bonchev–Trinajstić information content (AvgIpc) is 2.45. The number of hydrogen-bond donors (Lipinski definition) is 1. The largest absolute Gasteiger partial charge is 0.480 e. The number of urea groups is 1. The minimum atomic E-state index is -4.22. The first-order chi connectivity index (χ1) is 9.80. The van der Waals surface area contributed by atoms with Crippen molar-refractivity contribution in [1.82, 2.24) is 9.80 Å². The smallest absolute Gasteiger partial charge is 0.391 e. The Bertz CT molecular complexity index is 411. The molecule has 120 valence electrons. The van der Waals surface area contributed by atoms with Crippen molar-refractivity contribution in [3.05, 3.63) is 0 Å². The molecule has 0 aliphatic carbocycles. The molecule has 1 N–H and O–H groups in total. The summed E-state index contributed by atoms with van der Waals surface area (Å²) in [6, 6.07) is -1.35. The summed E-state index contributed by atoms with van der Waals surface area (Å²) in [7, 11) is 0. The van der Waals surface area contributed by atoms with Gasteiger partial charge in [-0.3, -0.25) is 0 Å². The van der Waals surface area contributed by atoms with Crippen LogP contribution in [-0.4, -0.2) is 70.3 Å². The summed E-state index contributed by atoms with van der Waals surface area (Å²) in [6.45, 7) is 0.373. The van der Waals surface area contributed by atoms with Crippen LogP contribution in [0, 0.1) is 5.92 Å². The summed E-state index contributed by atoms with van der Waals surface area (Å²) in [5.74, 6) is -1.47. The second-order valence-electron chi connectivity index (χ2n) is 5.21. The van der Waals surface area contributed by atoms with E-state index >= 15 is 0 Å². The molecule has 0 aromatic carbocycles. The molecule has 2 heterocycles. The summed E-state index contributed by atoms with van der Waals surface area (Å²) in [5.41, 5.74) is 0. The highest BCUT2D eigenvalue weighted by Crippen LogP contribution is 2.34. The second-order valence-corrected chi connectivity index (χ2v) is 6.36. The molecule has 9 heteroatoms. The third-order valence-electron chi connectivity index (χ3n) is 3.89. The van der Waals surface area contributed by atoms with Gasteiger partial charge in [-0.2, -0.15) is 24.9 Å². The van der Waals surface area contributed by atoms with Gasteiger partial charge in [0.2, 0.25) is 0 Å². The van der Waals surface area contributed by atoms with Crippen LogP contribution in [0.2, 0.25) is 0 Å². The maximum Gasteiger partial charge on any atom is 0.391 e. The van der Waals surface area contributed by atoms with Gasteiger partial charge in [-0.05, 0) is 12.8 Å². The van der Waals surface area contributed by atoms with E-state index in [4.69, 9.17) is 5.11 Å². The number of rotatable bonds is 1. The van der Waals surface area contributed by atoms with Crippen LogP contribution in [0.4, 0.5) is 18.0 Å². The molecule has 2 fully saturated rings. The molecular weight excluding hydrogens is 309 g/mol. The number of carbonyl (C=O) groups is 2. The van der Waals surface area contributed by atoms with Crippen molar-refractivity contribution >= 4 is 23.8 Å². The Morgan fingerprint density at radius 3 is 2.29 bits per heavy atom. The van der Waals surface area contributed by atoms with Crippen molar-refractivity contribution in [2.75, 3.05) is 31.1 Å². The Hall–Kier alpha value is -1.12. The van der Waals surface area contributed by atoms with E-state index in [1.165, 1.54) is 21.6 Å². The maximum atomic E-state index is 12.6. The van der Waals surface area contributed by atoms with E-state index in [9.17, 15) is 22.8 Å². The fraction of sp³-hybridized carbons (Fsp3) is 0.833. The quantitative estimate of drug-likeness (QED) is 0.799. The zero-order chi connectivity index (χ0) is 15.6. The van der Waals surface area contributed by atoms with Gasteiger partial charge >= 0.3 is 18.2 Å². The second kappa shape index (κ2) is 6.33. The van der Waals surface area contributed by atoms with Crippen molar-refractivity contribution in [1.29, 1.82) is 0 Å².